The zero-order valence-corrected chi connectivity index (χ0v) is 21.6. The Balaban J connectivity index is 1.52. The number of nitrogens with zero attached hydrogens (tertiary/aromatic N) is 1. The molecule has 8 nitrogen and oxygen atoms in total. The first kappa shape index (κ1) is 26.8. The number of amides is 3. The Morgan fingerprint density at radius 2 is 1.63 bits per heavy atom. The van der Waals surface area contributed by atoms with Crippen molar-refractivity contribution in [3.8, 4) is 0 Å². The maximum Gasteiger partial charge on any atom is 0.338 e. The van der Waals surface area contributed by atoms with Gasteiger partial charge in [0.15, 0.2) is 0 Å². The number of nitrogens with one attached hydrogen (secondary N) is 2. The Morgan fingerprint density at radius 3 is 2.29 bits per heavy atom. The van der Waals surface area contributed by atoms with Gasteiger partial charge in [-0.1, -0.05) is 29.3 Å². The summed E-state index contributed by atoms with van der Waals surface area (Å²) in [5.74, 6) is -3.19. The predicted molar refractivity (Wildman–Crippen MR) is 142 cm³/mol. The first-order valence-electron chi connectivity index (χ1n) is 11.3. The van der Waals surface area contributed by atoms with Gasteiger partial charge >= 0.3 is 5.97 Å². The molecule has 3 amide bonds. The Bertz CT molecular complexity index is 1510. The van der Waals surface area contributed by atoms with Crippen LogP contribution in [0.15, 0.2) is 71.4 Å². The summed E-state index contributed by atoms with van der Waals surface area (Å²) < 4.78 is 18.5. The standard InChI is InChI=1S/C27H20Cl2FN3O5/c1-3-38-27(37)15-6-8-17(9-7-15)31-24(34)16-5-4-14(2)21(12-16)32-23-22(29)25(35)33(26(23)36)18-10-11-20(30)19(28)13-18/h4-13,32H,3H2,1-2H3,(H,31,34). The fourth-order valence-electron chi connectivity index (χ4n) is 3.61. The fourth-order valence-corrected chi connectivity index (χ4v) is 4.00. The number of imide groups is 1. The van der Waals surface area contributed by atoms with Crippen LogP contribution in [-0.4, -0.2) is 30.3 Å². The molecule has 3 aromatic carbocycles. The summed E-state index contributed by atoms with van der Waals surface area (Å²) >= 11 is 12.0. The highest BCUT2D eigenvalue weighted by Gasteiger charge is 2.39. The van der Waals surface area contributed by atoms with Gasteiger partial charge in [0, 0.05) is 16.9 Å². The van der Waals surface area contributed by atoms with E-state index in [0.29, 0.717) is 22.5 Å². The average Bonchev–Trinajstić information content (AvgIpc) is 3.10. The van der Waals surface area contributed by atoms with Crippen LogP contribution in [0.2, 0.25) is 5.02 Å². The normalized spacial score (nSPS) is 13.1. The van der Waals surface area contributed by atoms with Gasteiger partial charge in [-0.3, -0.25) is 14.4 Å². The Hall–Kier alpha value is -4.21. The van der Waals surface area contributed by atoms with Crippen molar-refractivity contribution in [3.05, 3.63) is 98.9 Å². The lowest BCUT2D eigenvalue weighted by Gasteiger charge is -2.16. The van der Waals surface area contributed by atoms with Crippen LogP contribution in [0.3, 0.4) is 0 Å². The third kappa shape index (κ3) is 5.39. The van der Waals surface area contributed by atoms with Crippen molar-refractivity contribution < 1.29 is 28.3 Å². The summed E-state index contributed by atoms with van der Waals surface area (Å²) in [5, 5.41) is 4.96. The molecule has 4 rings (SSSR count). The Labute approximate surface area is 227 Å². The van der Waals surface area contributed by atoms with Crippen molar-refractivity contribution >= 4 is 64.0 Å². The second-order valence-electron chi connectivity index (χ2n) is 8.14. The highest BCUT2D eigenvalue weighted by molar-refractivity contribution is 6.53. The largest absolute Gasteiger partial charge is 0.462 e. The number of aryl methyl sites for hydroxylation is 1. The molecule has 38 heavy (non-hydrogen) atoms. The molecule has 0 unspecified atom stereocenters. The number of anilines is 3. The molecular weight excluding hydrogens is 536 g/mol. The molecule has 0 aliphatic carbocycles. The van der Waals surface area contributed by atoms with Crippen LogP contribution in [0.25, 0.3) is 0 Å². The summed E-state index contributed by atoms with van der Waals surface area (Å²) in [4.78, 5) is 51.3. The van der Waals surface area contributed by atoms with Gasteiger partial charge in [-0.15, -0.1) is 0 Å². The minimum absolute atomic E-state index is 0.0557. The molecule has 3 aromatic rings. The number of hydrogen-bond acceptors (Lipinski definition) is 6. The summed E-state index contributed by atoms with van der Waals surface area (Å²) in [6.07, 6.45) is 0. The quantitative estimate of drug-likeness (QED) is 0.288. The molecular formula is C27H20Cl2FN3O5. The van der Waals surface area contributed by atoms with Gasteiger partial charge in [-0.2, -0.15) is 0 Å². The van der Waals surface area contributed by atoms with E-state index in [4.69, 9.17) is 27.9 Å². The molecule has 1 aliphatic heterocycles. The molecule has 0 bridgehead atoms. The Kier molecular flexibility index (Phi) is 7.80. The lowest BCUT2D eigenvalue weighted by Crippen LogP contribution is -2.32. The molecule has 0 fully saturated rings. The third-order valence-electron chi connectivity index (χ3n) is 5.60. The van der Waals surface area contributed by atoms with Crippen LogP contribution in [-0.2, 0) is 14.3 Å². The van der Waals surface area contributed by atoms with Crippen LogP contribution in [0, 0.1) is 12.7 Å². The molecule has 0 radical (unpaired) electrons. The average molecular weight is 556 g/mol. The molecule has 0 spiro atoms. The smallest absolute Gasteiger partial charge is 0.338 e. The molecule has 11 heteroatoms. The summed E-state index contributed by atoms with van der Waals surface area (Å²) in [7, 11) is 0. The second-order valence-corrected chi connectivity index (χ2v) is 8.92. The van der Waals surface area contributed by atoms with Crippen molar-refractivity contribution in [1.82, 2.24) is 0 Å². The van der Waals surface area contributed by atoms with E-state index in [1.54, 1.807) is 38.1 Å². The number of esters is 1. The van der Waals surface area contributed by atoms with E-state index in [2.05, 4.69) is 10.6 Å². The van der Waals surface area contributed by atoms with Gasteiger partial charge in [-0.25, -0.2) is 14.1 Å². The second kappa shape index (κ2) is 11.0. The molecule has 0 aromatic heterocycles. The van der Waals surface area contributed by atoms with E-state index >= 15 is 0 Å². The number of ether oxygens (including phenoxy) is 1. The van der Waals surface area contributed by atoms with Gasteiger partial charge in [0.25, 0.3) is 17.7 Å². The summed E-state index contributed by atoms with van der Waals surface area (Å²) in [6.45, 7) is 3.70. The van der Waals surface area contributed by atoms with E-state index in [9.17, 15) is 23.6 Å². The third-order valence-corrected chi connectivity index (χ3v) is 6.24. The molecule has 0 saturated heterocycles. The summed E-state index contributed by atoms with van der Waals surface area (Å²) in [5.41, 5.74) is 1.94. The zero-order chi connectivity index (χ0) is 27.6. The maximum atomic E-state index is 13.6. The number of rotatable bonds is 7. The molecule has 1 heterocycles. The Morgan fingerprint density at radius 1 is 0.947 bits per heavy atom. The van der Waals surface area contributed by atoms with Gasteiger partial charge in [0.1, 0.15) is 16.5 Å². The van der Waals surface area contributed by atoms with Crippen LogP contribution < -0.4 is 15.5 Å². The van der Waals surface area contributed by atoms with Gasteiger partial charge in [0.2, 0.25) is 0 Å². The number of carbonyl (C=O) groups is 4. The number of benzene rings is 3. The lowest BCUT2D eigenvalue weighted by atomic mass is 10.1. The van der Waals surface area contributed by atoms with Gasteiger partial charge < -0.3 is 15.4 Å². The van der Waals surface area contributed by atoms with E-state index < -0.39 is 29.5 Å². The van der Waals surface area contributed by atoms with Crippen molar-refractivity contribution in [3.63, 3.8) is 0 Å². The van der Waals surface area contributed by atoms with Gasteiger partial charge in [-0.05, 0) is 74.0 Å². The minimum Gasteiger partial charge on any atom is -0.462 e. The van der Waals surface area contributed by atoms with E-state index in [1.165, 1.54) is 24.3 Å². The van der Waals surface area contributed by atoms with Crippen molar-refractivity contribution in [2.75, 3.05) is 22.1 Å². The maximum absolute atomic E-state index is 13.6. The highest BCUT2D eigenvalue weighted by atomic mass is 35.5. The molecule has 0 saturated carbocycles. The SMILES string of the molecule is CCOC(=O)c1ccc(NC(=O)c2ccc(C)c(NC3=C(Cl)C(=O)N(c4ccc(F)c(Cl)c4)C3=O)c2)cc1. The van der Waals surface area contributed by atoms with E-state index in [0.717, 1.165) is 17.0 Å². The zero-order valence-electron chi connectivity index (χ0n) is 20.1. The van der Waals surface area contributed by atoms with Crippen LogP contribution in [0.4, 0.5) is 21.5 Å². The monoisotopic (exact) mass is 555 g/mol. The van der Waals surface area contributed by atoms with Crippen molar-refractivity contribution in [2.24, 2.45) is 0 Å². The topological polar surface area (TPSA) is 105 Å². The summed E-state index contributed by atoms with van der Waals surface area (Å²) in [6, 6.07) is 14.4. The highest BCUT2D eigenvalue weighted by Crippen LogP contribution is 2.33. The molecule has 1 aliphatic rings. The number of carbonyl (C=O) groups excluding carboxylic acids is 4. The predicted octanol–water partition coefficient (Wildman–Crippen LogP) is 5.65. The van der Waals surface area contributed by atoms with E-state index in [1.807, 2.05) is 0 Å². The van der Waals surface area contributed by atoms with Crippen molar-refractivity contribution in [1.29, 1.82) is 0 Å². The van der Waals surface area contributed by atoms with Crippen LogP contribution in [0.5, 0.6) is 0 Å². The first-order chi connectivity index (χ1) is 18.1. The van der Waals surface area contributed by atoms with Gasteiger partial charge in [0.05, 0.1) is 22.9 Å². The molecule has 194 valence electrons. The number of hydrogen-bond donors (Lipinski definition) is 2. The first-order valence-corrected chi connectivity index (χ1v) is 12.1. The fraction of sp³-hybridized carbons (Fsp3) is 0.111. The lowest BCUT2D eigenvalue weighted by molar-refractivity contribution is -0.120. The molecule has 2 N–H and O–H groups in total. The molecule has 0 atom stereocenters. The van der Waals surface area contributed by atoms with E-state index in [-0.39, 0.29) is 33.6 Å². The van der Waals surface area contributed by atoms with Crippen LogP contribution >= 0.6 is 23.2 Å². The van der Waals surface area contributed by atoms with Crippen molar-refractivity contribution in [2.45, 2.75) is 13.8 Å². The number of halogens is 3. The van der Waals surface area contributed by atoms with Crippen LogP contribution in [0.1, 0.15) is 33.2 Å². The minimum atomic E-state index is -0.806.